The Morgan fingerprint density at radius 3 is 2.94 bits per heavy atom. The minimum atomic E-state index is 0.624. The number of rotatable bonds is 2. The molecule has 88 valence electrons. The second-order valence-corrected chi connectivity index (χ2v) is 4.95. The fourth-order valence-corrected chi connectivity index (χ4v) is 2.38. The molecular weight excluding hydrogens is 196 g/mol. The largest absolute Gasteiger partial charge is 0.312 e. The predicted octanol–water partition coefficient (Wildman–Crippen LogP) is 2.10. The van der Waals surface area contributed by atoms with Crippen LogP contribution in [0.15, 0.2) is 18.2 Å². The summed E-state index contributed by atoms with van der Waals surface area (Å²) in [6.45, 7) is 11.2. The highest BCUT2D eigenvalue weighted by molar-refractivity contribution is 5.33. The standard InChI is InChI=1S/C14H22N2/c1-11-5-4-6-14(13(11)3)10-16-8-7-15-12(2)9-16/h4-6,12,15H,7-10H2,1-3H3. The van der Waals surface area contributed by atoms with Crippen molar-refractivity contribution in [2.45, 2.75) is 33.4 Å². The zero-order chi connectivity index (χ0) is 11.5. The summed E-state index contributed by atoms with van der Waals surface area (Å²) < 4.78 is 0. The van der Waals surface area contributed by atoms with Gasteiger partial charge in [-0.25, -0.2) is 0 Å². The molecule has 0 bridgehead atoms. The van der Waals surface area contributed by atoms with Crippen molar-refractivity contribution in [3.8, 4) is 0 Å². The summed E-state index contributed by atoms with van der Waals surface area (Å²) in [5.41, 5.74) is 4.34. The lowest BCUT2D eigenvalue weighted by Gasteiger charge is -2.32. The topological polar surface area (TPSA) is 15.3 Å². The van der Waals surface area contributed by atoms with Gasteiger partial charge in [0.2, 0.25) is 0 Å². The van der Waals surface area contributed by atoms with Crippen LogP contribution >= 0.6 is 0 Å². The molecular formula is C14H22N2. The molecule has 0 aromatic heterocycles. The lowest BCUT2D eigenvalue weighted by atomic mass is 10.0. The van der Waals surface area contributed by atoms with Crippen LogP contribution in [0.2, 0.25) is 0 Å². The molecule has 0 radical (unpaired) electrons. The Balaban J connectivity index is 2.05. The number of hydrogen-bond acceptors (Lipinski definition) is 2. The molecule has 1 aliphatic rings. The van der Waals surface area contributed by atoms with Crippen molar-refractivity contribution in [1.82, 2.24) is 10.2 Å². The van der Waals surface area contributed by atoms with Gasteiger partial charge in [0.25, 0.3) is 0 Å². The number of benzene rings is 1. The maximum absolute atomic E-state index is 3.48. The molecule has 1 aliphatic heterocycles. The van der Waals surface area contributed by atoms with E-state index in [1.54, 1.807) is 0 Å². The van der Waals surface area contributed by atoms with Crippen molar-refractivity contribution in [1.29, 1.82) is 0 Å². The minimum absolute atomic E-state index is 0.624. The maximum Gasteiger partial charge on any atom is 0.0237 e. The third-order valence-corrected chi connectivity index (χ3v) is 3.56. The highest BCUT2D eigenvalue weighted by atomic mass is 15.2. The third-order valence-electron chi connectivity index (χ3n) is 3.56. The fourth-order valence-electron chi connectivity index (χ4n) is 2.38. The molecule has 1 heterocycles. The van der Waals surface area contributed by atoms with Gasteiger partial charge < -0.3 is 5.32 Å². The van der Waals surface area contributed by atoms with Gasteiger partial charge in [0.05, 0.1) is 0 Å². The second-order valence-electron chi connectivity index (χ2n) is 4.95. The Bertz CT molecular complexity index is 360. The number of nitrogens with zero attached hydrogens (tertiary/aromatic N) is 1. The zero-order valence-electron chi connectivity index (χ0n) is 10.6. The molecule has 1 aromatic rings. The normalized spacial score (nSPS) is 22.3. The molecule has 2 heteroatoms. The van der Waals surface area contributed by atoms with Gasteiger partial charge in [-0.15, -0.1) is 0 Å². The second kappa shape index (κ2) is 4.98. The van der Waals surface area contributed by atoms with E-state index >= 15 is 0 Å². The summed E-state index contributed by atoms with van der Waals surface area (Å²) in [6.07, 6.45) is 0. The van der Waals surface area contributed by atoms with Crippen LogP contribution in [0.5, 0.6) is 0 Å². The summed E-state index contributed by atoms with van der Waals surface area (Å²) in [7, 11) is 0. The van der Waals surface area contributed by atoms with Crippen LogP contribution in [0.25, 0.3) is 0 Å². The molecule has 2 rings (SSSR count). The highest BCUT2D eigenvalue weighted by Crippen LogP contribution is 2.15. The Kier molecular flexibility index (Phi) is 3.62. The average Bonchev–Trinajstić information content (AvgIpc) is 2.25. The maximum atomic E-state index is 3.48. The van der Waals surface area contributed by atoms with Crippen LogP contribution in [0.3, 0.4) is 0 Å². The molecule has 0 amide bonds. The average molecular weight is 218 g/mol. The molecule has 2 nitrogen and oxygen atoms in total. The van der Waals surface area contributed by atoms with Crippen molar-refractivity contribution < 1.29 is 0 Å². The van der Waals surface area contributed by atoms with Crippen LogP contribution < -0.4 is 5.32 Å². The van der Waals surface area contributed by atoms with Gasteiger partial charge in [0, 0.05) is 32.2 Å². The van der Waals surface area contributed by atoms with Gasteiger partial charge in [0.15, 0.2) is 0 Å². The van der Waals surface area contributed by atoms with Gasteiger partial charge in [-0.2, -0.15) is 0 Å². The molecule has 0 spiro atoms. The van der Waals surface area contributed by atoms with Crippen LogP contribution in [-0.2, 0) is 6.54 Å². The quantitative estimate of drug-likeness (QED) is 0.818. The SMILES string of the molecule is Cc1cccc(CN2CCNC(C)C2)c1C. The smallest absolute Gasteiger partial charge is 0.0237 e. The van der Waals surface area contributed by atoms with Crippen LogP contribution in [0.1, 0.15) is 23.6 Å². The van der Waals surface area contributed by atoms with E-state index in [-0.39, 0.29) is 0 Å². The number of nitrogens with one attached hydrogen (secondary N) is 1. The summed E-state index contributed by atoms with van der Waals surface area (Å²) in [4.78, 5) is 2.54. The van der Waals surface area contributed by atoms with Gasteiger partial charge in [0.1, 0.15) is 0 Å². The molecule has 1 unspecified atom stereocenters. The van der Waals surface area contributed by atoms with Gasteiger partial charge in [-0.05, 0) is 37.5 Å². The van der Waals surface area contributed by atoms with Gasteiger partial charge in [-0.1, -0.05) is 18.2 Å². The third kappa shape index (κ3) is 2.63. The predicted molar refractivity (Wildman–Crippen MR) is 68.7 cm³/mol. The Morgan fingerprint density at radius 1 is 1.38 bits per heavy atom. The molecule has 1 N–H and O–H groups in total. The van der Waals surface area contributed by atoms with Crippen molar-refractivity contribution >= 4 is 0 Å². The van der Waals surface area contributed by atoms with Crippen LogP contribution in [0.4, 0.5) is 0 Å². The van der Waals surface area contributed by atoms with Crippen molar-refractivity contribution in [3.05, 3.63) is 34.9 Å². The summed E-state index contributed by atoms with van der Waals surface area (Å²) in [5.74, 6) is 0. The van der Waals surface area contributed by atoms with E-state index < -0.39 is 0 Å². The summed E-state index contributed by atoms with van der Waals surface area (Å²) in [6, 6.07) is 7.25. The van der Waals surface area contributed by atoms with Gasteiger partial charge >= 0.3 is 0 Å². The zero-order valence-corrected chi connectivity index (χ0v) is 10.6. The van der Waals surface area contributed by atoms with Gasteiger partial charge in [-0.3, -0.25) is 4.90 Å². The first-order chi connectivity index (χ1) is 7.66. The van der Waals surface area contributed by atoms with Crippen molar-refractivity contribution in [2.24, 2.45) is 0 Å². The van der Waals surface area contributed by atoms with Crippen molar-refractivity contribution in [3.63, 3.8) is 0 Å². The fraction of sp³-hybridized carbons (Fsp3) is 0.571. The van der Waals surface area contributed by atoms with E-state index in [0.29, 0.717) is 6.04 Å². The van der Waals surface area contributed by atoms with E-state index in [1.165, 1.54) is 16.7 Å². The van der Waals surface area contributed by atoms with Crippen LogP contribution in [0, 0.1) is 13.8 Å². The Hall–Kier alpha value is -0.860. The van der Waals surface area contributed by atoms with E-state index in [0.717, 1.165) is 26.2 Å². The molecule has 1 atom stereocenters. The Labute approximate surface area is 98.7 Å². The first kappa shape index (κ1) is 11.6. The molecule has 1 fully saturated rings. The highest BCUT2D eigenvalue weighted by Gasteiger charge is 2.16. The molecule has 1 saturated heterocycles. The van der Waals surface area contributed by atoms with E-state index in [9.17, 15) is 0 Å². The number of aryl methyl sites for hydroxylation is 1. The van der Waals surface area contributed by atoms with E-state index in [2.05, 4.69) is 49.2 Å². The number of piperazine rings is 1. The molecule has 1 aromatic carbocycles. The monoisotopic (exact) mass is 218 g/mol. The molecule has 0 aliphatic carbocycles. The first-order valence-corrected chi connectivity index (χ1v) is 6.17. The van der Waals surface area contributed by atoms with Crippen molar-refractivity contribution in [2.75, 3.05) is 19.6 Å². The molecule has 0 saturated carbocycles. The first-order valence-electron chi connectivity index (χ1n) is 6.17. The summed E-state index contributed by atoms with van der Waals surface area (Å²) >= 11 is 0. The molecule has 16 heavy (non-hydrogen) atoms. The van der Waals surface area contributed by atoms with Crippen LogP contribution in [-0.4, -0.2) is 30.6 Å². The minimum Gasteiger partial charge on any atom is -0.312 e. The Morgan fingerprint density at radius 2 is 2.19 bits per heavy atom. The van der Waals surface area contributed by atoms with E-state index in [1.807, 2.05) is 0 Å². The van der Waals surface area contributed by atoms with E-state index in [4.69, 9.17) is 0 Å². The lowest BCUT2D eigenvalue weighted by Crippen LogP contribution is -2.48. The lowest BCUT2D eigenvalue weighted by molar-refractivity contribution is 0.199. The summed E-state index contributed by atoms with van der Waals surface area (Å²) in [5, 5.41) is 3.48. The number of hydrogen-bond donors (Lipinski definition) is 1.